The zero-order chi connectivity index (χ0) is 33.8. The van der Waals surface area contributed by atoms with Gasteiger partial charge in [-0.3, -0.25) is 0 Å². The summed E-state index contributed by atoms with van der Waals surface area (Å²) in [5.41, 5.74) is 9.00. The third-order valence-corrected chi connectivity index (χ3v) is 9.61. The van der Waals surface area contributed by atoms with Gasteiger partial charge >= 0.3 is 0 Å². The van der Waals surface area contributed by atoms with E-state index in [0.29, 0.717) is 16.8 Å². The van der Waals surface area contributed by atoms with Gasteiger partial charge in [0.05, 0.1) is 22.8 Å². The fourth-order valence-corrected chi connectivity index (χ4v) is 7.33. The van der Waals surface area contributed by atoms with Crippen LogP contribution in [0.15, 0.2) is 158 Å². The Bertz CT molecular complexity index is 2810. The lowest BCUT2D eigenvalue weighted by Gasteiger charge is -2.15. The van der Waals surface area contributed by atoms with Gasteiger partial charge in [0.1, 0.15) is 11.6 Å². The Kier molecular flexibility index (Phi) is 6.93. The monoisotopic (exact) mass is 644 g/mol. The molecular formula is C46H26F2N2. The Morgan fingerprint density at radius 1 is 0.420 bits per heavy atom. The first-order valence-corrected chi connectivity index (χ1v) is 16.4. The van der Waals surface area contributed by atoms with Crippen LogP contribution in [-0.2, 0) is 0 Å². The highest BCUT2D eigenvalue weighted by atomic mass is 19.1. The first kappa shape index (κ1) is 29.4. The molecule has 0 radical (unpaired) electrons. The SMILES string of the molecule is N#Cc1ccc(-c2ccc(-c3ccc(-c4cccc5c4ccc4c(-c6cc(F)cc(F)c6)nc6ccccc6c45)cc3)c3ccccc23)cc1. The van der Waals surface area contributed by atoms with Crippen molar-refractivity contribution >= 4 is 43.2 Å². The van der Waals surface area contributed by atoms with E-state index in [2.05, 4.69) is 97.1 Å². The largest absolute Gasteiger partial charge is 0.247 e. The van der Waals surface area contributed by atoms with E-state index in [1.807, 2.05) is 48.5 Å². The second-order valence-corrected chi connectivity index (χ2v) is 12.5. The first-order valence-electron chi connectivity index (χ1n) is 16.4. The fraction of sp³-hybridized carbons (Fsp3) is 0. The van der Waals surface area contributed by atoms with E-state index in [0.717, 1.165) is 82.7 Å². The minimum Gasteiger partial charge on any atom is -0.247 e. The van der Waals surface area contributed by atoms with Crippen LogP contribution in [0.4, 0.5) is 8.78 Å². The quantitative estimate of drug-likeness (QED) is 0.179. The molecule has 1 aromatic heterocycles. The molecule has 0 aliphatic carbocycles. The summed E-state index contributed by atoms with van der Waals surface area (Å²) in [4.78, 5) is 4.89. The highest BCUT2D eigenvalue weighted by Crippen LogP contribution is 2.41. The van der Waals surface area contributed by atoms with Gasteiger partial charge in [-0.2, -0.15) is 5.26 Å². The van der Waals surface area contributed by atoms with E-state index < -0.39 is 11.6 Å². The van der Waals surface area contributed by atoms with Gasteiger partial charge in [-0.05, 0) is 85.3 Å². The maximum absolute atomic E-state index is 14.4. The summed E-state index contributed by atoms with van der Waals surface area (Å²) in [6.45, 7) is 0. The van der Waals surface area contributed by atoms with Gasteiger partial charge in [0, 0.05) is 27.8 Å². The molecule has 2 nitrogen and oxygen atoms in total. The van der Waals surface area contributed by atoms with E-state index in [9.17, 15) is 14.0 Å². The van der Waals surface area contributed by atoms with Gasteiger partial charge in [-0.25, -0.2) is 13.8 Å². The van der Waals surface area contributed by atoms with E-state index in [1.54, 1.807) is 0 Å². The molecule has 50 heavy (non-hydrogen) atoms. The lowest BCUT2D eigenvalue weighted by atomic mass is 9.90. The topological polar surface area (TPSA) is 36.7 Å². The molecule has 0 atom stereocenters. The summed E-state index contributed by atoms with van der Waals surface area (Å²) < 4.78 is 28.7. The van der Waals surface area contributed by atoms with E-state index in [-0.39, 0.29) is 0 Å². The lowest BCUT2D eigenvalue weighted by molar-refractivity contribution is 0.584. The summed E-state index contributed by atoms with van der Waals surface area (Å²) in [6.07, 6.45) is 0. The molecule has 0 amide bonds. The molecule has 0 bridgehead atoms. The Labute approximate surface area is 287 Å². The van der Waals surface area contributed by atoms with Gasteiger partial charge in [-0.15, -0.1) is 0 Å². The Hall–Kier alpha value is -6.70. The first-order chi connectivity index (χ1) is 24.6. The average molecular weight is 645 g/mol. The Morgan fingerprint density at radius 3 is 1.54 bits per heavy atom. The van der Waals surface area contributed by atoms with E-state index in [4.69, 9.17) is 4.98 Å². The van der Waals surface area contributed by atoms with Crippen molar-refractivity contribution in [3.05, 3.63) is 175 Å². The molecule has 234 valence electrons. The highest BCUT2D eigenvalue weighted by molar-refractivity contribution is 6.24. The van der Waals surface area contributed by atoms with Gasteiger partial charge in [0.2, 0.25) is 0 Å². The van der Waals surface area contributed by atoms with Crippen LogP contribution in [0.2, 0.25) is 0 Å². The van der Waals surface area contributed by atoms with Crippen molar-refractivity contribution in [2.45, 2.75) is 0 Å². The van der Waals surface area contributed by atoms with Crippen molar-refractivity contribution in [2.24, 2.45) is 0 Å². The van der Waals surface area contributed by atoms with Crippen LogP contribution in [0.3, 0.4) is 0 Å². The molecule has 0 N–H and O–H groups in total. The molecule has 8 aromatic carbocycles. The number of pyridine rings is 1. The van der Waals surface area contributed by atoms with Crippen molar-refractivity contribution < 1.29 is 8.78 Å². The smallest absolute Gasteiger partial charge is 0.126 e. The minimum atomic E-state index is -0.634. The van der Waals surface area contributed by atoms with Crippen LogP contribution in [-0.4, -0.2) is 4.98 Å². The number of benzene rings is 8. The third-order valence-electron chi connectivity index (χ3n) is 9.61. The molecule has 0 fully saturated rings. The van der Waals surface area contributed by atoms with Gasteiger partial charge in [0.15, 0.2) is 0 Å². The van der Waals surface area contributed by atoms with Gasteiger partial charge < -0.3 is 0 Å². The van der Waals surface area contributed by atoms with Crippen molar-refractivity contribution in [2.75, 3.05) is 0 Å². The van der Waals surface area contributed by atoms with Crippen LogP contribution < -0.4 is 0 Å². The van der Waals surface area contributed by atoms with Gasteiger partial charge in [-0.1, -0.05) is 121 Å². The average Bonchev–Trinajstić information content (AvgIpc) is 3.16. The summed E-state index contributed by atoms with van der Waals surface area (Å²) in [6, 6.07) is 53.3. The standard InChI is InChI=1S/C46H26F2N2/c47-33-24-32(25-34(48)26-33)46-43-23-22-40-35(9-5-10-41(40)45(43)42-8-3-4-11-44(42)50-46)30-16-18-31(19-17-30)37-21-20-36(38-6-1-2-7-39(37)38)29-14-12-28(27-49)13-15-29/h1-26H. The number of para-hydroxylation sites is 1. The molecule has 0 aliphatic heterocycles. The van der Waals surface area contributed by atoms with Crippen LogP contribution in [0.5, 0.6) is 0 Å². The normalized spacial score (nSPS) is 11.4. The predicted octanol–water partition coefficient (Wildman–Crippen LogP) is 12.5. The number of aromatic nitrogens is 1. The molecule has 0 saturated carbocycles. The van der Waals surface area contributed by atoms with Crippen LogP contribution in [0, 0.1) is 23.0 Å². The second-order valence-electron chi connectivity index (χ2n) is 12.5. The second kappa shape index (κ2) is 11.8. The molecule has 0 aliphatic rings. The van der Waals surface area contributed by atoms with E-state index in [1.165, 1.54) is 12.1 Å². The molecule has 1 heterocycles. The summed E-state index contributed by atoms with van der Waals surface area (Å²) >= 11 is 0. The number of rotatable bonds is 4. The number of nitriles is 1. The zero-order valence-electron chi connectivity index (χ0n) is 26.7. The Balaban J connectivity index is 1.17. The van der Waals surface area contributed by atoms with Crippen LogP contribution >= 0.6 is 0 Å². The highest BCUT2D eigenvalue weighted by Gasteiger charge is 2.17. The van der Waals surface area contributed by atoms with Crippen molar-refractivity contribution in [1.82, 2.24) is 4.98 Å². The maximum Gasteiger partial charge on any atom is 0.126 e. The Morgan fingerprint density at radius 2 is 0.920 bits per heavy atom. The van der Waals surface area contributed by atoms with Crippen molar-refractivity contribution in [1.29, 1.82) is 5.26 Å². The van der Waals surface area contributed by atoms with Crippen LogP contribution in [0.25, 0.3) is 87.9 Å². The lowest BCUT2D eigenvalue weighted by Crippen LogP contribution is -1.93. The van der Waals surface area contributed by atoms with Gasteiger partial charge in [0.25, 0.3) is 0 Å². The van der Waals surface area contributed by atoms with Crippen molar-refractivity contribution in [3.8, 4) is 50.7 Å². The zero-order valence-corrected chi connectivity index (χ0v) is 26.7. The maximum atomic E-state index is 14.4. The molecule has 9 aromatic rings. The third kappa shape index (κ3) is 4.87. The number of fused-ring (bicyclic) bond motifs is 6. The van der Waals surface area contributed by atoms with E-state index >= 15 is 0 Å². The molecular weight excluding hydrogens is 619 g/mol. The summed E-state index contributed by atoms with van der Waals surface area (Å²) in [5, 5.41) is 16.5. The molecule has 4 heteroatoms. The summed E-state index contributed by atoms with van der Waals surface area (Å²) in [7, 11) is 0. The molecule has 9 rings (SSSR count). The van der Waals surface area contributed by atoms with Crippen LogP contribution in [0.1, 0.15) is 5.56 Å². The number of hydrogen-bond donors (Lipinski definition) is 0. The number of hydrogen-bond acceptors (Lipinski definition) is 2. The fourth-order valence-electron chi connectivity index (χ4n) is 7.33. The summed E-state index contributed by atoms with van der Waals surface area (Å²) in [5.74, 6) is -1.27. The molecule has 0 saturated heterocycles. The molecule has 0 spiro atoms. The van der Waals surface area contributed by atoms with Crippen molar-refractivity contribution in [3.63, 3.8) is 0 Å². The molecule has 0 unspecified atom stereocenters. The minimum absolute atomic E-state index is 0.404. The number of halogens is 2. The predicted molar refractivity (Wildman–Crippen MR) is 201 cm³/mol. The number of nitrogens with zero attached hydrogens (tertiary/aromatic N) is 2.